The van der Waals surface area contributed by atoms with Gasteiger partial charge in [-0.2, -0.15) is 0 Å². The zero-order valence-electron chi connectivity index (χ0n) is 20.3. The molecule has 6 heteroatoms. The Balaban J connectivity index is 1.85. The highest BCUT2D eigenvalue weighted by molar-refractivity contribution is 9.10. The van der Waals surface area contributed by atoms with Gasteiger partial charge in [-0.15, -0.1) is 11.8 Å². The molecule has 0 aliphatic heterocycles. The van der Waals surface area contributed by atoms with Crippen molar-refractivity contribution in [2.45, 2.75) is 51.1 Å². The Morgan fingerprint density at radius 3 is 2.09 bits per heavy atom. The molecule has 0 aliphatic carbocycles. The van der Waals surface area contributed by atoms with Crippen LogP contribution < -0.4 is 5.32 Å². The third-order valence-electron chi connectivity index (χ3n) is 5.88. The van der Waals surface area contributed by atoms with Gasteiger partial charge in [0.1, 0.15) is 6.04 Å². The van der Waals surface area contributed by atoms with Crippen LogP contribution in [0.25, 0.3) is 0 Å². The lowest BCUT2D eigenvalue weighted by Crippen LogP contribution is -2.52. The van der Waals surface area contributed by atoms with Gasteiger partial charge >= 0.3 is 0 Å². The maximum Gasteiger partial charge on any atom is 0.243 e. The second-order valence-corrected chi connectivity index (χ2v) is 10.6. The molecule has 0 aliphatic rings. The van der Waals surface area contributed by atoms with Crippen molar-refractivity contribution in [3.8, 4) is 0 Å². The molecule has 2 amide bonds. The third-order valence-corrected chi connectivity index (χ3v) is 7.39. The van der Waals surface area contributed by atoms with Gasteiger partial charge in [-0.3, -0.25) is 9.59 Å². The Morgan fingerprint density at radius 1 is 0.886 bits per heavy atom. The smallest absolute Gasteiger partial charge is 0.243 e. The monoisotopic (exact) mass is 552 g/mol. The van der Waals surface area contributed by atoms with Crippen LogP contribution in [0.3, 0.4) is 0 Å². The molecule has 0 bridgehead atoms. The molecular weight excluding hydrogens is 520 g/mol. The Kier molecular flexibility index (Phi) is 10.9. The molecule has 0 radical (unpaired) electrons. The van der Waals surface area contributed by atoms with Gasteiger partial charge in [-0.05, 0) is 42.2 Å². The fourth-order valence-electron chi connectivity index (χ4n) is 3.69. The average molecular weight is 554 g/mol. The number of rotatable bonds is 12. The van der Waals surface area contributed by atoms with E-state index in [1.165, 1.54) is 5.56 Å². The molecule has 0 heterocycles. The van der Waals surface area contributed by atoms with Crippen molar-refractivity contribution in [3.05, 3.63) is 106 Å². The number of carbonyl (C=O) groups excluding carboxylic acids is 2. The predicted octanol–water partition coefficient (Wildman–Crippen LogP) is 6.24. The standard InChI is InChI=1S/C29H33BrN2O2S/c1-3-22(2)31-29(34)27(18-23-10-6-4-7-11-23)32(19-24-14-16-26(30)17-15-24)28(33)21-35-20-25-12-8-5-9-13-25/h4-17,22,27H,3,18-21H2,1-2H3,(H,31,34)/t22-,27-/m1/s1. The highest BCUT2D eigenvalue weighted by Gasteiger charge is 2.30. The molecule has 0 aromatic heterocycles. The van der Waals surface area contributed by atoms with E-state index in [0.29, 0.717) is 18.7 Å². The van der Waals surface area contributed by atoms with Crippen LogP contribution in [0.15, 0.2) is 89.4 Å². The summed E-state index contributed by atoms with van der Waals surface area (Å²) < 4.78 is 0.980. The first-order chi connectivity index (χ1) is 17.0. The average Bonchev–Trinajstić information content (AvgIpc) is 2.88. The summed E-state index contributed by atoms with van der Waals surface area (Å²) >= 11 is 5.06. The van der Waals surface area contributed by atoms with E-state index in [-0.39, 0.29) is 17.9 Å². The zero-order valence-corrected chi connectivity index (χ0v) is 22.7. The van der Waals surface area contributed by atoms with Crippen molar-refractivity contribution in [3.63, 3.8) is 0 Å². The number of hydrogen-bond acceptors (Lipinski definition) is 3. The summed E-state index contributed by atoms with van der Waals surface area (Å²) in [4.78, 5) is 28.9. The first kappa shape index (κ1) is 27.0. The number of carbonyl (C=O) groups is 2. The Hall–Kier alpha value is -2.57. The maximum absolute atomic E-state index is 13.6. The summed E-state index contributed by atoms with van der Waals surface area (Å²) in [7, 11) is 0. The van der Waals surface area contributed by atoms with E-state index in [4.69, 9.17) is 0 Å². The number of halogens is 1. The molecule has 35 heavy (non-hydrogen) atoms. The maximum atomic E-state index is 13.6. The van der Waals surface area contributed by atoms with Crippen LogP contribution in [-0.2, 0) is 28.3 Å². The molecule has 2 atom stereocenters. The summed E-state index contributed by atoms with van der Waals surface area (Å²) in [6, 6.07) is 27.4. The SMILES string of the molecule is CC[C@@H](C)NC(=O)[C@@H](Cc1ccccc1)N(Cc1ccc(Br)cc1)C(=O)CSCc1ccccc1. The second-order valence-electron chi connectivity index (χ2n) is 8.65. The normalized spacial score (nSPS) is 12.5. The van der Waals surface area contributed by atoms with E-state index < -0.39 is 6.04 Å². The summed E-state index contributed by atoms with van der Waals surface area (Å²) in [5.41, 5.74) is 3.20. The topological polar surface area (TPSA) is 49.4 Å². The van der Waals surface area contributed by atoms with E-state index in [9.17, 15) is 9.59 Å². The lowest BCUT2D eigenvalue weighted by Gasteiger charge is -2.32. The van der Waals surface area contributed by atoms with Gasteiger partial charge < -0.3 is 10.2 Å². The van der Waals surface area contributed by atoms with Gasteiger partial charge in [0.25, 0.3) is 0 Å². The first-order valence-corrected chi connectivity index (χ1v) is 13.9. The van der Waals surface area contributed by atoms with Crippen molar-refractivity contribution in [1.29, 1.82) is 0 Å². The van der Waals surface area contributed by atoms with Crippen molar-refractivity contribution >= 4 is 39.5 Å². The van der Waals surface area contributed by atoms with Gasteiger partial charge in [0, 0.05) is 29.2 Å². The first-order valence-electron chi connectivity index (χ1n) is 12.0. The highest BCUT2D eigenvalue weighted by atomic mass is 79.9. The molecule has 3 aromatic rings. The Labute approximate surface area is 221 Å². The van der Waals surface area contributed by atoms with Crippen LogP contribution in [0.4, 0.5) is 0 Å². The zero-order chi connectivity index (χ0) is 25.0. The van der Waals surface area contributed by atoms with Crippen LogP contribution in [0, 0.1) is 0 Å². The lowest BCUT2D eigenvalue weighted by molar-refractivity contribution is -0.139. The van der Waals surface area contributed by atoms with Crippen LogP contribution in [0.1, 0.15) is 37.0 Å². The fraction of sp³-hybridized carbons (Fsp3) is 0.310. The molecule has 184 valence electrons. The predicted molar refractivity (Wildman–Crippen MR) is 149 cm³/mol. The van der Waals surface area contributed by atoms with Crippen LogP contribution >= 0.6 is 27.7 Å². The number of hydrogen-bond donors (Lipinski definition) is 1. The summed E-state index contributed by atoms with van der Waals surface area (Å²) in [6.07, 6.45) is 1.30. The number of nitrogens with zero attached hydrogens (tertiary/aromatic N) is 1. The minimum atomic E-state index is -0.597. The Bertz CT molecular complexity index is 1060. The molecule has 3 aromatic carbocycles. The molecule has 0 saturated carbocycles. The quantitative estimate of drug-likeness (QED) is 0.289. The molecule has 0 fully saturated rings. The summed E-state index contributed by atoms with van der Waals surface area (Å²) in [6.45, 7) is 4.42. The van der Waals surface area contributed by atoms with Gasteiger partial charge in [0.15, 0.2) is 0 Å². The molecule has 0 spiro atoms. The van der Waals surface area contributed by atoms with Gasteiger partial charge in [0.2, 0.25) is 11.8 Å². The molecule has 4 nitrogen and oxygen atoms in total. The number of benzene rings is 3. The van der Waals surface area contributed by atoms with E-state index >= 15 is 0 Å². The molecule has 1 N–H and O–H groups in total. The van der Waals surface area contributed by atoms with E-state index in [1.54, 1.807) is 16.7 Å². The van der Waals surface area contributed by atoms with Crippen LogP contribution in [0.5, 0.6) is 0 Å². The molecular formula is C29H33BrN2O2S. The molecule has 0 unspecified atom stereocenters. The van der Waals surface area contributed by atoms with Crippen LogP contribution in [0.2, 0.25) is 0 Å². The van der Waals surface area contributed by atoms with E-state index in [0.717, 1.165) is 27.8 Å². The van der Waals surface area contributed by atoms with Gasteiger partial charge in [-0.25, -0.2) is 0 Å². The molecule has 0 saturated heterocycles. The van der Waals surface area contributed by atoms with Gasteiger partial charge in [-0.1, -0.05) is 95.7 Å². The summed E-state index contributed by atoms with van der Waals surface area (Å²) in [5, 5.41) is 3.11. The fourth-order valence-corrected chi connectivity index (χ4v) is 4.83. The number of amides is 2. The largest absolute Gasteiger partial charge is 0.352 e. The lowest BCUT2D eigenvalue weighted by atomic mass is 10.0. The minimum Gasteiger partial charge on any atom is -0.352 e. The minimum absolute atomic E-state index is 0.0333. The number of thioether (sulfide) groups is 1. The van der Waals surface area contributed by atoms with Crippen molar-refractivity contribution in [2.75, 3.05) is 5.75 Å². The van der Waals surface area contributed by atoms with Crippen molar-refractivity contribution < 1.29 is 9.59 Å². The van der Waals surface area contributed by atoms with Crippen LogP contribution in [-0.4, -0.2) is 34.6 Å². The van der Waals surface area contributed by atoms with Crippen molar-refractivity contribution in [1.82, 2.24) is 10.2 Å². The second kappa shape index (κ2) is 14.1. The number of nitrogens with one attached hydrogen (secondary N) is 1. The van der Waals surface area contributed by atoms with E-state index in [2.05, 4.69) is 33.4 Å². The van der Waals surface area contributed by atoms with Crippen molar-refractivity contribution in [2.24, 2.45) is 0 Å². The third kappa shape index (κ3) is 8.86. The van der Waals surface area contributed by atoms with E-state index in [1.807, 2.05) is 86.6 Å². The van der Waals surface area contributed by atoms with Gasteiger partial charge in [0.05, 0.1) is 5.75 Å². The Morgan fingerprint density at radius 2 is 1.49 bits per heavy atom. The summed E-state index contributed by atoms with van der Waals surface area (Å²) in [5.74, 6) is 0.921. The highest BCUT2D eigenvalue weighted by Crippen LogP contribution is 2.20. The molecule has 3 rings (SSSR count).